The van der Waals surface area contributed by atoms with Crippen molar-refractivity contribution in [2.45, 2.75) is 105 Å². The van der Waals surface area contributed by atoms with E-state index >= 15 is 0 Å². The highest BCUT2D eigenvalue weighted by molar-refractivity contribution is 5.83. The molecule has 0 aromatic carbocycles. The summed E-state index contributed by atoms with van der Waals surface area (Å²) < 4.78 is 0. The molecule has 0 N–H and O–H groups in total. The van der Waals surface area contributed by atoms with Crippen molar-refractivity contribution in [2.24, 2.45) is 23.2 Å². The summed E-state index contributed by atoms with van der Waals surface area (Å²) >= 11 is 0. The van der Waals surface area contributed by atoms with Crippen LogP contribution < -0.4 is 0 Å². The molecule has 0 radical (unpaired) electrons. The number of carbonyl (C=O) groups excluding carboxylic acids is 2. The molecule has 3 aliphatic rings. The predicted molar refractivity (Wildman–Crippen MR) is 127 cm³/mol. The number of carbonyl (C=O) groups is 2. The van der Waals surface area contributed by atoms with Gasteiger partial charge in [-0.25, -0.2) is 0 Å². The Hall–Kier alpha value is -1.32. The number of allylic oxidation sites excluding steroid dienone is 2. The molecule has 1 saturated heterocycles. The first kappa shape index (κ1) is 24.3. The van der Waals surface area contributed by atoms with Crippen LogP contribution >= 0.6 is 0 Å². The predicted octanol–water partition coefficient (Wildman–Crippen LogP) is 6.16. The molecule has 4 nitrogen and oxygen atoms in total. The maximum Gasteiger partial charge on any atom is 0.232 e. The summed E-state index contributed by atoms with van der Waals surface area (Å²) in [4.78, 5) is 30.3. The molecule has 2 aliphatic carbocycles. The van der Waals surface area contributed by atoms with E-state index < -0.39 is 0 Å². The zero-order valence-corrected chi connectivity index (χ0v) is 20.8. The second-order valence-electron chi connectivity index (χ2n) is 11.4. The highest BCUT2D eigenvalue weighted by Crippen LogP contribution is 2.41. The van der Waals surface area contributed by atoms with E-state index in [-0.39, 0.29) is 11.3 Å². The zero-order chi connectivity index (χ0) is 22.6. The minimum absolute atomic E-state index is 0.268. The van der Waals surface area contributed by atoms with Crippen molar-refractivity contribution in [3.8, 4) is 0 Å². The molecule has 1 heterocycles. The van der Waals surface area contributed by atoms with E-state index in [4.69, 9.17) is 0 Å². The van der Waals surface area contributed by atoms with Gasteiger partial charge in [0.1, 0.15) is 0 Å². The molecule has 31 heavy (non-hydrogen) atoms. The number of rotatable bonds is 9. The Morgan fingerprint density at radius 2 is 1.61 bits per heavy atom. The van der Waals surface area contributed by atoms with Crippen molar-refractivity contribution in [3.63, 3.8) is 0 Å². The van der Waals surface area contributed by atoms with Gasteiger partial charge in [0.2, 0.25) is 11.8 Å². The summed E-state index contributed by atoms with van der Waals surface area (Å²) in [6.45, 7) is 10.2. The van der Waals surface area contributed by atoms with Crippen LogP contribution in [0.25, 0.3) is 0 Å². The summed E-state index contributed by atoms with van der Waals surface area (Å²) in [6.07, 6.45) is 14.1. The van der Waals surface area contributed by atoms with Crippen molar-refractivity contribution in [1.29, 1.82) is 0 Å². The molecule has 2 amide bonds. The van der Waals surface area contributed by atoms with Crippen LogP contribution in [0.4, 0.5) is 0 Å². The van der Waals surface area contributed by atoms with Crippen molar-refractivity contribution in [3.05, 3.63) is 11.3 Å². The van der Waals surface area contributed by atoms with Gasteiger partial charge in [0, 0.05) is 37.7 Å². The molecule has 0 spiro atoms. The molecule has 2 atom stereocenters. The number of hydrogen-bond donors (Lipinski definition) is 0. The van der Waals surface area contributed by atoms with Crippen molar-refractivity contribution in [1.82, 2.24) is 9.80 Å². The van der Waals surface area contributed by atoms with Crippen molar-refractivity contribution in [2.75, 3.05) is 20.1 Å². The molecule has 4 heteroatoms. The fourth-order valence-electron chi connectivity index (χ4n) is 5.75. The third-order valence-corrected chi connectivity index (χ3v) is 8.41. The second kappa shape index (κ2) is 10.5. The monoisotopic (exact) mass is 430 g/mol. The summed E-state index contributed by atoms with van der Waals surface area (Å²) in [5.41, 5.74) is 1.92. The van der Waals surface area contributed by atoms with Crippen LogP contribution in [0, 0.1) is 23.2 Å². The Morgan fingerprint density at radius 1 is 0.935 bits per heavy atom. The van der Waals surface area contributed by atoms with Gasteiger partial charge in [0.15, 0.2) is 0 Å². The first-order valence-corrected chi connectivity index (χ1v) is 12.9. The van der Waals surface area contributed by atoms with Gasteiger partial charge in [0.25, 0.3) is 0 Å². The van der Waals surface area contributed by atoms with Crippen LogP contribution in [-0.4, -0.2) is 41.8 Å². The number of hydrogen-bond acceptors (Lipinski definition) is 2. The number of amides is 2. The summed E-state index contributed by atoms with van der Waals surface area (Å²) in [5.74, 6) is 2.50. The normalized spacial score (nSPS) is 24.0. The van der Waals surface area contributed by atoms with Gasteiger partial charge in [-0.3, -0.25) is 9.59 Å². The van der Waals surface area contributed by atoms with Gasteiger partial charge in [0.05, 0.1) is 0 Å². The molecule has 2 unspecified atom stereocenters. The highest BCUT2D eigenvalue weighted by atomic mass is 16.2. The minimum atomic E-state index is -0.344. The Bertz CT molecular complexity index is 671. The number of likely N-dealkylation sites (tertiary alicyclic amines) is 1. The maximum atomic E-state index is 13.8. The first-order chi connectivity index (χ1) is 14.7. The maximum absolute atomic E-state index is 13.8. The summed E-state index contributed by atoms with van der Waals surface area (Å²) in [5, 5.41) is 0. The molecule has 0 aromatic heterocycles. The molecular formula is C27H46N2O2. The molecule has 0 aromatic rings. The molecule has 0 bridgehead atoms. The molecule has 176 valence electrons. The number of nitrogens with zero attached hydrogens (tertiary/aromatic N) is 2. The van der Waals surface area contributed by atoms with Gasteiger partial charge >= 0.3 is 0 Å². The van der Waals surface area contributed by atoms with E-state index in [9.17, 15) is 9.59 Å². The van der Waals surface area contributed by atoms with E-state index in [1.54, 1.807) is 0 Å². The van der Waals surface area contributed by atoms with Crippen LogP contribution in [0.5, 0.6) is 0 Å². The van der Waals surface area contributed by atoms with Crippen LogP contribution in [0.1, 0.15) is 105 Å². The topological polar surface area (TPSA) is 40.6 Å². The Labute approximate surface area is 190 Å². The zero-order valence-electron chi connectivity index (χ0n) is 20.8. The van der Waals surface area contributed by atoms with Crippen LogP contribution in [0.15, 0.2) is 11.3 Å². The van der Waals surface area contributed by atoms with Gasteiger partial charge in [-0.15, -0.1) is 0 Å². The van der Waals surface area contributed by atoms with Gasteiger partial charge in [-0.05, 0) is 77.0 Å². The largest absolute Gasteiger partial charge is 0.342 e. The van der Waals surface area contributed by atoms with Gasteiger partial charge in [-0.2, -0.15) is 0 Å². The average Bonchev–Trinajstić information content (AvgIpc) is 3.45. The second-order valence-corrected chi connectivity index (χ2v) is 11.4. The van der Waals surface area contributed by atoms with E-state index in [2.05, 4.69) is 32.6 Å². The van der Waals surface area contributed by atoms with Crippen molar-refractivity contribution >= 4 is 11.8 Å². The molecular weight excluding hydrogens is 384 g/mol. The Balaban J connectivity index is 1.66. The lowest BCUT2D eigenvalue weighted by atomic mass is 9.73. The third-order valence-electron chi connectivity index (χ3n) is 8.41. The van der Waals surface area contributed by atoms with Crippen molar-refractivity contribution < 1.29 is 9.59 Å². The highest BCUT2D eigenvalue weighted by Gasteiger charge is 2.41. The Kier molecular flexibility index (Phi) is 8.26. The van der Waals surface area contributed by atoms with E-state index in [0.717, 1.165) is 50.4 Å². The summed E-state index contributed by atoms with van der Waals surface area (Å²) in [6, 6.07) is 0. The third kappa shape index (κ3) is 6.58. The average molecular weight is 431 g/mol. The van der Waals surface area contributed by atoms with Crippen LogP contribution in [0.2, 0.25) is 0 Å². The molecule has 1 aliphatic heterocycles. The molecule has 3 rings (SSSR count). The lowest BCUT2D eigenvalue weighted by Crippen LogP contribution is -2.41. The minimum Gasteiger partial charge on any atom is -0.342 e. The fourth-order valence-corrected chi connectivity index (χ4v) is 5.75. The van der Waals surface area contributed by atoms with Crippen LogP contribution in [0.3, 0.4) is 0 Å². The smallest absolute Gasteiger partial charge is 0.232 e. The lowest BCUT2D eigenvalue weighted by Gasteiger charge is -2.37. The quantitative estimate of drug-likeness (QED) is 0.439. The Morgan fingerprint density at radius 3 is 2.23 bits per heavy atom. The lowest BCUT2D eigenvalue weighted by molar-refractivity contribution is -0.139. The SMILES string of the molecule is CC(C)=C(C)N(C)C(=O)C(C)(CCC1CCCCC1)CC1CCN(C(=O)CC2CC2)C1. The summed E-state index contributed by atoms with van der Waals surface area (Å²) in [7, 11) is 1.95. The molecule has 3 fully saturated rings. The van der Waals surface area contributed by atoms with E-state index in [1.165, 1.54) is 56.9 Å². The first-order valence-electron chi connectivity index (χ1n) is 12.9. The van der Waals surface area contributed by atoms with E-state index in [1.807, 2.05) is 11.9 Å². The van der Waals surface area contributed by atoms with Crippen LogP contribution in [-0.2, 0) is 9.59 Å². The van der Waals surface area contributed by atoms with Gasteiger partial charge < -0.3 is 9.80 Å². The standard InChI is InChI=1S/C27H46N2O2/c1-20(2)21(3)28(5)26(31)27(4,15-13-22-9-7-6-8-10-22)18-24-14-16-29(19-24)25(30)17-23-11-12-23/h22-24H,6-19H2,1-5H3. The van der Waals surface area contributed by atoms with E-state index in [0.29, 0.717) is 17.7 Å². The molecule has 2 saturated carbocycles. The van der Waals surface area contributed by atoms with Gasteiger partial charge in [-0.1, -0.05) is 44.6 Å². The fraction of sp³-hybridized carbons (Fsp3) is 0.852.